The molecule has 0 saturated heterocycles. The predicted octanol–water partition coefficient (Wildman–Crippen LogP) is 0.507. The maximum absolute atomic E-state index is 5.43. The number of rotatable bonds is 2. The summed E-state index contributed by atoms with van der Waals surface area (Å²) in [7, 11) is 0. The van der Waals surface area contributed by atoms with E-state index in [0.29, 0.717) is 0 Å². The lowest BCUT2D eigenvalue weighted by Crippen LogP contribution is -1.99. The molecule has 2 rings (SSSR count). The molecular formula is C7H8N6S. The molecule has 0 saturated carbocycles. The Morgan fingerprint density at radius 2 is 2.43 bits per heavy atom. The normalized spacial score (nSPS) is 11.2. The van der Waals surface area contributed by atoms with Gasteiger partial charge in [0.15, 0.2) is 0 Å². The quantitative estimate of drug-likeness (QED) is 0.729. The number of anilines is 1. The molecule has 7 heteroatoms. The van der Waals surface area contributed by atoms with Crippen LogP contribution in [0, 0.1) is 6.92 Å². The highest BCUT2D eigenvalue weighted by molar-refractivity contribution is 7.13. The largest absolute Gasteiger partial charge is 0.365 e. The Morgan fingerprint density at radius 1 is 1.57 bits per heavy atom. The first kappa shape index (κ1) is 8.82. The summed E-state index contributed by atoms with van der Waals surface area (Å²) < 4.78 is 0. The lowest BCUT2D eigenvalue weighted by atomic mass is 10.4. The summed E-state index contributed by atoms with van der Waals surface area (Å²) in [4.78, 5) is 3.45. The molecule has 0 bridgehead atoms. The minimum Gasteiger partial charge on any atom is -0.365 e. The highest BCUT2D eigenvalue weighted by atomic mass is 32.1. The topological polar surface area (TPSA) is 82.0 Å². The third-order valence-corrected chi connectivity index (χ3v) is 2.47. The monoisotopic (exact) mass is 208 g/mol. The first-order chi connectivity index (χ1) is 6.75. The van der Waals surface area contributed by atoms with E-state index in [9.17, 15) is 0 Å². The minimum atomic E-state index is 0.175. The van der Waals surface area contributed by atoms with Crippen LogP contribution >= 0.6 is 11.3 Å². The summed E-state index contributed by atoms with van der Waals surface area (Å²) in [5, 5.41) is 14.4. The molecule has 0 aromatic carbocycles. The molecule has 0 radical (unpaired) electrons. The molecule has 0 spiro atoms. The number of hydrogen-bond acceptors (Lipinski definition) is 6. The van der Waals surface area contributed by atoms with Gasteiger partial charge in [-0.15, -0.1) is 11.3 Å². The molecule has 0 fully saturated rings. The van der Waals surface area contributed by atoms with E-state index in [-0.39, 0.29) is 5.95 Å². The summed E-state index contributed by atoms with van der Waals surface area (Å²) in [6, 6.07) is 4.00. The van der Waals surface area contributed by atoms with Crippen LogP contribution in [-0.2, 0) is 0 Å². The van der Waals surface area contributed by atoms with Crippen LogP contribution in [0.25, 0.3) is 0 Å². The van der Waals surface area contributed by atoms with Crippen molar-refractivity contribution in [3.8, 4) is 0 Å². The second-order valence-corrected chi connectivity index (χ2v) is 3.94. The fourth-order valence-corrected chi connectivity index (χ4v) is 1.65. The number of tetrazole rings is 1. The van der Waals surface area contributed by atoms with Crippen LogP contribution in [0.5, 0.6) is 0 Å². The van der Waals surface area contributed by atoms with E-state index < -0.39 is 0 Å². The lowest BCUT2D eigenvalue weighted by molar-refractivity contribution is 0.700. The van der Waals surface area contributed by atoms with E-state index in [1.54, 1.807) is 17.6 Å². The molecule has 0 aliphatic heterocycles. The van der Waals surface area contributed by atoms with E-state index >= 15 is 0 Å². The molecule has 2 heterocycles. The SMILES string of the molecule is Cc1ccc(/C=N\n2nnnc2N)s1. The van der Waals surface area contributed by atoms with Gasteiger partial charge in [-0.25, -0.2) is 0 Å². The maximum atomic E-state index is 5.43. The second kappa shape index (κ2) is 3.54. The number of thiophene rings is 1. The molecule has 0 unspecified atom stereocenters. The van der Waals surface area contributed by atoms with Crippen LogP contribution in [0.15, 0.2) is 17.2 Å². The Balaban J connectivity index is 2.19. The molecular weight excluding hydrogens is 200 g/mol. The van der Waals surface area contributed by atoms with Gasteiger partial charge >= 0.3 is 0 Å². The zero-order valence-corrected chi connectivity index (χ0v) is 8.27. The average molecular weight is 208 g/mol. The van der Waals surface area contributed by atoms with Crippen LogP contribution in [0.2, 0.25) is 0 Å². The molecule has 0 aliphatic rings. The number of nitrogen functional groups attached to an aromatic ring is 1. The number of hydrogen-bond donors (Lipinski definition) is 1. The van der Waals surface area contributed by atoms with E-state index in [4.69, 9.17) is 5.73 Å². The molecule has 0 amide bonds. The molecule has 0 aliphatic carbocycles. The molecule has 2 aromatic heterocycles. The predicted molar refractivity (Wildman–Crippen MR) is 54.3 cm³/mol. The Labute approximate surface area is 84.0 Å². The van der Waals surface area contributed by atoms with Crippen LogP contribution in [-0.4, -0.2) is 26.5 Å². The molecule has 2 aromatic rings. The number of aryl methyl sites for hydroxylation is 1. The van der Waals surface area contributed by atoms with Crippen molar-refractivity contribution in [2.24, 2.45) is 5.10 Å². The van der Waals surface area contributed by atoms with Crippen molar-refractivity contribution in [1.82, 2.24) is 20.3 Å². The van der Waals surface area contributed by atoms with E-state index in [2.05, 4.69) is 20.6 Å². The van der Waals surface area contributed by atoms with Crippen molar-refractivity contribution in [3.63, 3.8) is 0 Å². The van der Waals surface area contributed by atoms with E-state index in [0.717, 1.165) is 4.88 Å². The standard InChI is InChI=1S/C7H8N6S/c1-5-2-3-6(14-5)4-9-13-7(8)10-11-12-13/h2-4H,1H3,(H2,8,10,12)/b9-4-. The molecule has 6 nitrogen and oxygen atoms in total. The lowest BCUT2D eigenvalue weighted by Gasteiger charge is -1.88. The molecule has 2 N–H and O–H groups in total. The summed E-state index contributed by atoms with van der Waals surface area (Å²) in [6.45, 7) is 2.04. The van der Waals surface area contributed by atoms with Crippen LogP contribution in [0.3, 0.4) is 0 Å². The number of nitrogens with two attached hydrogens (primary N) is 1. The first-order valence-corrected chi connectivity index (χ1v) is 4.72. The first-order valence-electron chi connectivity index (χ1n) is 3.90. The summed E-state index contributed by atoms with van der Waals surface area (Å²) in [5.74, 6) is 0.175. The van der Waals surface area contributed by atoms with Gasteiger partial charge in [0.05, 0.1) is 6.21 Å². The Hall–Kier alpha value is -1.76. The summed E-state index contributed by atoms with van der Waals surface area (Å²) in [6.07, 6.45) is 1.67. The van der Waals surface area contributed by atoms with Crippen molar-refractivity contribution in [3.05, 3.63) is 21.9 Å². The van der Waals surface area contributed by atoms with Crippen LogP contribution in [0.4, 0.5) is 5.95 Å². The zero-order valence-electron chi connectivity index (χ0n) is 7.45. The van der Waals surface area contributed by atoms with E-state index in [1.165, 1.54) is 9.67 Å². The highest BCUT2D eigenvalue weighted by Gasteiger charge is 1.97. The second-order valence-electron chi connectivity index (χ2n) is 2.62. The Morgan fingerprint density at radius 3 is 3.00 bits per heavy atom. The van der Waals surface area contributed by atoms with Gasteiger partial charge in [0, 0.05) is 9.75 Å². The van der Waals surface area contributed by atoms with Gasteiger partial charge in [0.2, 0.25) is 0 Å². The summed E-state index contributed by atoms with van der Waals surface area (Å²) in [5.41, 5.74) is 5.43. The van der Waals surface area contributed by atoms with Gasteiger partial charge in [0.1, 0.15) is 0 Å². The van der Waals surface area contributed by atoms with Crippen LogP contribution < -0.4 is 5.73 Å². The van der Waals surface area contributed by atoms with Gasteiger partial charge in [-0.05, 0) is 29.5 Å². The smallest absolute Gasteiger partial charge is 0.263 e. The fourth-order valence-electron chi connectivity index (χ4n) is 0.906. The van der Waals surface area contributed by atoms with Crippen molar-refractivity contribution in [2.45, 2.75) is 6.92 Å². The molecule has 0 atom stereocenters. The maximum Gasteiger partial charge on any atom is 0.263 e. The molecule has 72 valence electrons. The third kappa shape index (κ3) is 1.77. The zero-order chi connectivity index (χ0) is 9.97. The number of aromatic nitrogens is 4. The number of nitrogens with zero attached hydrogens (tertiary/aromatic N) is 5. The minimum absolute atomic E-state index is 0.175. The van der Waals surface area contributed by atoms with Gasteiger partial charge in [-0.2, -0.15) is 5.10 Å². The Kier molecular flexibility index (Phi) is 2.23. The van der Waals surface area contributed by atoms with Crippen molar-refractivity contribution in [1.29, 1.82) is 0 Å². The van der Waals surface area contributed by atoms with Gasteiger partial charge in [-0.1, -0.05) is 9.89 Å². The highest BCUT2D eigenvalue weighted by Crippen LogP contribution is 2.12. The Bertz CT molecular complexity index is 456. The third-order valence-electron chi connectivity index (χ3n) is 1.53. The van der Waals surface area contributed by atoms with Crippen molar-refractivity contribution < 1.29 is 0 Å². The van der Waals surface area contributed by atoms with Crippen LogP contribution in [0.1, 0.15) is 9.75 Å². The average Bonchev–Trinajstić information content (AvgIpc) is 2.72. The van der Waals surface area contributed by atoms with Crippen molar-refractivity contribution >= 4 is 23.5 Å². The fraction of sp³-hybridized carbons (Fsp3) is 0.143. The van der Waals surface area contributed by atoms with E-state index in [1.807, 2.05) is 19.1 Å². The van der Waals surface area contributed by atoms with Gasteiger partial charge in [-0.3, -0.25) is 0 Å². The summed E-state index contributed by atoms with van der Waals surface area (Å²) >= 11 is 1.64. The van der Waals surface area contributed by atoms with Gasteiger partial charge in [0.25, 0.3) is 5.95 Å². The molecule has 14 heavy (non-hydrogen) atoms. The van der Waals surface area contributed by atoms with Gasteiger partial charge < -0.3 is 5.73 Å². The van der Waals surface area contributed by atoms with Crippen molar-refractivity contribution in [2.75, 3.05) is 5.73 Å².